The van der Waals surface area contributed by atoms with E-state index in [1.807, 2.05) is 31.2 Å². The van der Waals surface area contributed by atoms with Crippen molar-refractivity contribution >= 4 is 23.3 Å². The van der Waals surface area contributed by atoms with Gasteiger partial charge in [-0.25, -0.2) is 0 Å². The Bertz CT molecular complexity index is 790. The fourth-order valence-corrected chi connectivity index (χ4v) is 5.28. The molecule has 0 heterocycles. The quantitative estimate of drug-likeness (QED) is 0.438. The summed E-state index contributed by atoms with van der Waals surface area (Å²) >= 11 is 1.68. The van der Waals surface area contributed by atoms with E-state index in [4.69, 9.17) is 0 Å². The molecule has 3 heteroatoms. The second kappa shape index (κ2) is 8.43. The van der Waals surface area contributed by atoms with Crippen LogP contribution in [0.4, 0.5) is 0 Å². The molecule has 0 aromatic heterocycles. The number of carbonyl (C=O) groups is 2. The Labute approximate surface area is 166 Å². The van der Waals surface area contributed by atoms with Crippen molar-refractivity contribution in [3.05, 3.63) is 65.6 Å². The van der Waals surface area contributed by atoms with Crippen molar-refractivity contribution < 1.29 is 9.59 Å². The highest BCUT2D eigenvalue weighted by molar-refractivity contribution is 8.03. The average Bonchev–Trinajstić information content (AvgIpc) is 2.97. The van der Waals surface area contributed by atoms with Gasteiger partial charge in [-0.05, 0) is 55.7 Å². The van der Waals surface area contributed by atoms with Gasteiger partial charge in [0.1, 0.15) is 5.78 Å². The highest BCUT2D eigenvalue weighted by atomic mass is 32.2. The van der Waals surface area contributed by atoms with Crippen molar-refractivity contribution in [1.82, 2.24) is 0 Å². The predicted molar refractivity (Wildman–Crippen MR) is 113 cm³/mol. The van der Waals surface area contributed by atoms with Gasteiger partial charge in [0.05, 0.1) is 0 Å². The fourth-order valence-electron chi connectivity index (χ4n) is 4.46. The Balaban J connectivity index is 1.78. The molecule has 0 bridgehead atoms. The van der Waals surface area contributed by atoms with E-state index in [2.05, 4.69) is 37.8 Å². The number of carbonyl (C=O) groups excluding carboxylic acids is 2. The smallest absolute Gasteiger partial charge is 0.158 e. The Morgan fingerprint density at radius 3 is 2.63 bits per heavy atom. The van der Waals surface area contributed by atoms with Gasteiger partial charge >= 0.3 is 0 Å². The molecule has 142 valence electrons. The third-order valence-electron chi connectivity index (χ3n) is 6.17. The molecule has 27 heavy (non-hydrogen) atoms. The summed E-state index contributed by atoms with van der Waals surface area (Å²) in [6, 6.07) is 10.2. The molecule has 0 N–H and O–H groups in total. The summed E-state index contributed by atoms with van der Waals surface area (Å²) in [6.45, 7) is 7.98. The van der Waals surface area contributed by atoms with E-state index in [0.29, 0.717) is 30.5 Å². The summed E-state index contributed by atoms with van der Waals surface area (Å²) in [5.41, 5.74) is 0.516. The number of hydrogen-bond donors (Lipinski definition) is 0. The average molecular weight is 381 g/mol. The van der Waals surface area contributed by atoms with Crippen molar-refractivity contribution in [2.24, 2.45) is 17.3 Å². The monoisotopic (exact) mass is 380 g/mol. The number of thioether (sulfide) groups is 1. The molecule has 0 aliphatic heterocycles. The van der Waals surface area contributed by atoms with Crippen molar-refractivity contribution in [3.8, 4) is 0 Å². The van der Waals surface area contributed by atoms with Crippen LogP contribution in [0.15, 0.2) is 70.5 Å². The Kier molecular flexibility index (Phi) is 6.21. The van der Waals surface area contributed by atoms with E-state index in [1.54, 1.807) is 11.8 Å². The van der Waals surface area contributed by atoms with Crippen LogP contribution in [0.5, 0.6) is 0 Å². The van der Waals surface area contributed by atoms with Gasteiger partial charge in [0.25, 0.3) is 0 Å². The van der Waals surface area contributed by atoms with Gasteiger partial charge in [-0.2, -0.15) is 0 Å². The number of hydrogen-bond acceptors (Lipinski definition) is 3. The first-order valence-corrected chi connectivity index (χ1v) is 10.6. The highest BCUT2D eigenvalue weighted by Crippen LogP contribution is 2.50. The summed E-state index contributed by atoms with van der Waals surface area (Å²) in [4.78, 5) is 26.9. The van der Waals surface area contributed by atoms with Gasteiger partial charge in [-0.1, -0.05) is 61.7 Å². The lowest BCUT2D eigenvalue weighted by atomic mass is 9.67. The maximum atomic E-state index is 12.8. The van der Waals surface area contributed by atoms with Crippen LogP contribution < -0.4 is 0 Å². The lowest BCUT2D eigenvalue weighted by molar-refractivity contribution is -0.126. The van der Waals surface area contributed by atoms with Gasteiger partial charge < -0.3 is 0 Å². The van der Waals surface area contributed by atoms with Gasteiger partial charge in [0, 0.05) is 28.1 Å². The molecule has 3 rings (SSSR count). The minimum absolute atomic E-state index is 0.255. The molecular formula is C24H28O2S. The molecule has 3 atom stereocenters. The van der Waals surface area contributed by atoms with E-state index in [9.17, 15) is 9.59 Å². The molecular weight excluding hydrogens is 352 g/mol. The molecule has 0 saturated heterocycles. The molecule has 2 nitrogen and oxygen atoms in total. The van der Waals surface area contributed by atoms with E-state index in [-0.39, 0.29) is 11.2 Å². The van der Waals surface area contributed by atoms with Gasteiger partial charge in [-0.3, -0.25) is 9.59 Å². The van der Waals surface area contributed by atoms with Crippen LogP contribution >= 0.6 is 11.8 Å². The Morgan fingerprint density at radius 2 is 1.96 bits per heavy atom. The predicted octanol–water partition coefficient (Wildman–Crippen LogP) is 6.15. The van der Waals surface area contributed by atoms with Crippen LogP contribution in [0.2, 0.25) is 0 Å². The first kappa shape index (κ1) is 19.9. The summed E-state index contributed by atoms with van der Waals surface area (Å²) in [5, 5.41) is 0. The maximum absolute atomic E-state index is 12.8. The first-order chi connectivity index (χ1) is 12.9. The Morgan fingerprint density at radius 1 is 1.22 bits per heavy atom. The summed E-state index contributed by atoms with van der Waals surface area (Å²) in [7, 11) is 0. The molecule has 1 saturated carbocycles. The normalized spacial score (nSPS) is 29.0. The molecule has 1 aromatic rings. The second-order valence-electron chi connectivity index (χ2n) is 7.89. The molecule has 0 amide bonds. The second-order valence-corrected chi connectivity index (χ2v) is 9.04. The fraction of sp³-hybridized carbons (Fsp3) is 0.417. The van der Waals surface area contributed by atoms with E-state index >= 15 is 0 Å². The van der Waals surface area contributed by atoms with Crippen molar-refractivity contribution in [1.29, 1.82) is 0 Å². The standard InChI is InChI=1S/C24H28O2S/c1-4-19(27-20-8-6-5-7-9-20)14-15-24(3)21(11-13-23(24)26)18-10-12-22(25)17(2)16-18/h4-9,14,16,18,21H,1,10-13,15H2,2-3H3/b19-14-/t18-,21+,24+/m1/s1. The number of ketones is 2. The van der Waals surface area contributed by atoms with Crippen LogP contribution in [0.25, 0.3) is 0 Å². The number of allylic oxidation sites excluding steroid dienone is 4. The lowest BCUT2D eigenvalue weighted by Gasteiger charge is -2.35. The van der Waals surface area contributed by atoms with Crippen LogP contribution in [-0.4, -0.2) is 11.6 Å². The molecule has 0 radical (unpaired) electrons. The van der Waals surface area contributed by atoms with Gasteiger partial charge in [-0.15, -0.1) is 0 Å². The van der Waals surface area contributed by atoms with Crippen LogP contribution in [-0.2, 0) is 9.59 Å². The third kappa shape index (κ3) is 4.35. The molecule has 1 aromatic carbocycles. The number of Topliss-reactive ketones (excluding diaryl/α,β-unsaturated/α-hetero) is 2. The Hall–Kier alpha value is -1.87. The van der Waals surface area contributed by atoms with Crippen molar-refractivity contribution in [3.63, 3.8) is 0 Å². The lowest BCUT2D eigenvalue weighted by Crippen LogP contribution is -2.34. The summed E-state index contributed by atoms with van der Waals surface area (Å²) in [6.07, 6.45) is 9.98. The molecule has 0 unspecified atom stereocenters. The minimum atomic E-state index is -0.354. The van der Waals surface area contributed by atoms with E-state index < -0.39 is 0 Å². The largest absolute Gasteiger partial charge is 0.299 e. The highest BCUT2D eigenvalue weighted by Gasteiger charge is 2.48. The molecule has 1 fully saturated rings. The molecule has 0 spiro atoms. The number of benzene rings is 1. The van der Waals surface area contributed by atoms with Crippen LogP contribution in [0.3, 0.4) is 0 Å². The minimum Gasteiger partial charge on any atom is -0.299 e. The number of rotatable bonds is 6. The summed E-state index contributed by atoms with van der Waals surface area (Å²) in [5.74, 6) is 1.27. The third-order valence-corrected chi connectivity index (χ3v) is 7.25. The van der Waals surface area contributed by atoms with Gasteiger partial charge in [0.15, 0.2) is 5.78 Å². The maximum Gasteiger partial charge on any atom is 0.158 e. The van der Waals surface area contributed by atoms with Crippen LogP contribution in [0.1, 0.15) is 46.0 Å². The zero-order valence-electron chi connectivity index (χ0n) is 16.2. The molecule has 2 aliphatic rings. The zero-order valence-corrected chi connectivity index (χ0v) is 17.1. The summed E-state index contributed by atoms with van der Waals surface area (Å²) < 4.78 is 0. The van der Waals surface area contributed by atoms with Gasteiger partial charge in [0.2, 0.25) is 0 Å². The molecule has 2 aliphatic carbocycles. The van der Waals surface area contributed by atoms with Crippen molar-refractivity contribution in [2.45, 2.75) is 50.8 Å². The van der Waals surface area contributed by atoms with E-state index in [0.717, 1.165) is 29.7 Å². The first-order valence-electron chi connectivity index (χ1n) is 9.74. The van der Waals surface area contributed by atoms with Crippen molar-refractivity contribution in [2.75, 3.05) is 0 Å². The van der Waals surface area contributed by atoms with E-state index in [1.165, 1.54) is 4.90 Å². The zero-order chi connectivity index (χ0) is 19.4. The SMILES string of the molecule is C=C/C(=C/C[C@]1(C)C(=O)CC[C@H]1[C@H]1C=C(C)C(=O)CC1)Sc1ccccc1. The van der Waals surface area contributed by atoms with Crippen LogP contribution in [0, 0.1) is 17.3 Å². The topological polar surface area (TPSA) is 34.1 Å².